The predicted octanol–water partition coefficient (Wildman–Crippen LogP) is 2.98. The molecule has 2 rings (SSSR count). The Morgan fingerprint density at radius 2 is 2.00 bits per heavy atom. The fourth-order valence-corrected chi connectivity index (χ4v) is 2.20. The lowest BCUT2D eigenvalue weighted by Crippen LogP contribution is -2.25. The number of aryl methyl sites for hydroxylation is 1. The third kappa shape index (κ3) is 4.63. The number of carbonyl (C=O) groups excluding carboxylic acids is 1. The maximum absolute atomic E-state index is 11.8. The maximum atomic E-state index is 11.8. The molecule has 0 unspecified atom stereocenters. The average Bonchev–Trinajstić information content (AvgIpc) is 2.54. The molecule has 0 aliphatic rings. The molecule has 0 saturated carbocycles. The van der Waals surface area contributed by atoms with Crippen LogP contribution in [0.3, 0.4) is 0 Å². The summed E-state index contributed by atoms with van der Waals surface area (Å²) in [5, 5.41) is 23.7. The first-order valence-electron chi connectivity index (χ1n) is 7.11. The number of phenols is 2. The Labute approximate surface area is 144 Å². The van der Waals surface area contributed by atoms with Crippen LogP contribution in [0.4, 0.5) is 0 Å². The van der Waals surface area contributed by atoms with Crippen molar-refractivity contribution in [3.63, 3.8) is 0 Å². The van der Waals surface area contributed by atoms with Crippen molar-refractivity contribution in [2.75, 3.05) is 6.61 Å². The van der Waals surface area contributed by atoms with Crippen LogP contribution < -0.4 is 10.2 Å². The fourth-order valence-electron chi connectivity index (χ4n) is 1.97. The summed E-state index contributed by atoms with van der Waals surface area (Å²) in [6.07, 6.45) is 0. The van der Waals surface area contributed by atoms with Gasteiger partial charge in [0.1, 0.15) is 17.2 Å². The molecule has 0 fully saturated rings. The van der Waals surface area contributed by atoms with E-state index in [0.717, 1.165) is 5.56 Å². The average molecular weight is 349 g/mol. The largest absolute Gasteiger partial charge is 0.508 e. The summed E-state index contributed by atoms with van der Waals surface area (Å²) in [7, 11) is 0. The molecule has 0 aromatic heterocycles. The molecule has 24 heavy (non-hydrogen) atoms. The molecule has 2 aromatic carbocycles. The summed E-state index contributed by atoms with van der Waals surface area (Å²) in [6.45, 7) is 3.20. The molecular weight excluding hydrogens is 332 g/mol. The van der Waals surface area contributed by atoms with Crippen molar-refractivity contribution >= 4 is 23.2 Å². The smallest absolute Gasteiger partial charge is 0.277 e. The van der Waals surface area contributed by atoms with Crippen molar-refractivity contribution in [2.45, 2.75) is 13.8 Å². The molecule has 0 spiro atoms. The van der Waals surface area contributed by atoms with Crippen LogP contribution in [0, 0.1) is 6.92 Å². The van der Waals surface area contributed by atoms with Gasteiger partial charge in [0, 0.05) is 10.6 Å². The van der Waals surface area contributed by atoms with Crippen LogP contribution in [0.15, 0.2) is 41.5 Å². The summed E-state index contributed by atoms with van der Waals surface area (Å²) >= 11 is 5.86. The van der Waals surface area contributed by atoms with Crippen LogP contribution in [0.1, 0.15) is 18.1 Å². The highest BCUT2D eigenvalue weighted by Gasteiger charge is 2.08. The molecule has 6 nitrogen and oxygen atoms in total. The van der Waals surface area contributed by atoms with Crippen molar-refractivity contribution in [3.8, 4) is 17.2 Å². The third-order valence-electron chi connectivity index (χ3n) is 3.21. The minimum atomic E-state index is -0.455. The van der Waals surface area contributed by atoms with Gasteiger partial charge in [-0.2, -0.15) is 5.10 Å². The molecule has 0 atom stereocenters. The molecule has 0 heterocycles. The number of hydrazone groups is 1. The Morgan fingerprint density at radius 3 is 2.71 bits per heavy atom. The van der Waals surface area contributed by atoms with Crippen LogP contribution in [0.5, 0.6) is 17.2 Å². The van der Waals surface area contributed by atoms with E-state index < -0.39 is 5.91 Å². The molecule has 2 aromatic rings. The highest BCUT2D eigenvalue weighted by Crippen LogP contribution is 2.23. The Balaban J connectivity index is 1.95. The van der Waals surface area contributed by atoms with E-state index in [-0.39, 0.29) is 18.1 Å². The molecule has 3 N–H and O–H groups in total. The highest BCUT2D eigenvalue weighted by molar-refractivity contribution is 6.30. The third-order valence-corrected chi connectivity index (χ3v) is 3.45. The zero-order valence-corrected chi connectivity index (χ0v) is 14.0. The van der Waals surface area contributed by atoms with Gasteiger partial charge in [-0.1, -0.05) is 11.6 Å². The summed E-state index contributed by atoms with van der Waals surface area (Å²) in [4.78, 5) is 11.8. The van der Waals surface area contributed by atoms with Gasteiger partial charge in [0.05, 0.1) is 5.71 Å². The van der Waals surface area contributed by atoms with E-state index >= 15 is 0 Å². The van der Waals surface area contributed by atoms with Gasteiger partial charge < -0.3 is 14.9 Å². The van der Waals surface area contributed by atoms with Gasteiger partial charge in [0.15, 0.2) is 6.61 Å². The standard InChI is InChI=1S/C17H17ClN2O4/c1-10-7-12(18)3-6-16(10)24-9-17(23)20-19-11(2)14-8-13(21)4-5-15(14)22/h3-8,21-22H,9H2,1-2H3,(H,20,23)/b19-11-. The molecule has 1 amide bonds. The number of carbonyl (C=O) groups is 1. The lowest BCUT2D eigenvalue weighted by Gasteiger charge is -2.09. The molecule has 126 valence electrons. The second-order valence-corrected chi connectivity index (χ2v) is 5.57. The number of rotatable bonds is 5. The second kappa shape index (κ2) is 7.70. The molecular formula is C17H17ClN2O4. The van der Waals surface area contributed by atoms with E-state index in [0.29, 0.717) is 22.0 Å². The zero-order valence-electron chi connectivity index (χ0n) is 13.2. The Hall–Kier alpha value is -2.73. The summed E-state index contributed by atoms with van der Waals surface area (Å²) in [6, 6.07) is 9.15. The van der Waals surface area contributed by atoms with E-state index in [1.54, 1.807) is 25.1 Å². The van der Waals surface area contributed by atoms with E-state index in [2.05, 4.69) is 10.5 Å². The first-order valence-corrected chi connectivity index (χ1v) is 7.49. The number of phenolic OH excluding ortho intramolecular Hbond substituents is 2. The molecule has 0 aliphatic heterocycles. The van der Waals surface area contributed by atoms with Crippen LogP contribution in [0.2, 0.25) is 5.02 Å². The SMILES string of the molecule is C/C(=N/NC(=O)COc1ccc(Cl)cc1C)c1cc(O)ccc1O. The monoisotopic (exact) mass is 348 g/mol. The van der Waals surface area contributed by atoms with Gasteiger partial charge in [-0.05, 0) is 55.8 Å². The predicted molar refractivity (Wildman–Crippen MR) is 91.8 cm³/mol. The Morgan fingerprint density at radius 1 is 1.25 bits per heavy atom. The summed E-state index contributed by atoms with van der Waals surface area (Å²) < 4.78 is 5.41. The van der Waals surface area contributed by atoms with Gasteiger partial charge in [-0.25, -0.2) is 5.43 Å². The molecule has 0 radical (unpaired) electrons. The normalized spacial score (nSPS) is 11.2. The minimum absolute atomic E-state index is 0.00905. The van der Waals surface area contributed by atoms with E-state index in [4.69, 9.17) is 16.3 Å². The van der Waals surface area contributed by atoms with Crippen LogP contribution in [-0.2, 0) is 4.79 Å². The van der Waals surface area contributed by atoms with Crippen LogP contribution in [-0.4, -0.2) is 28.4 Å². The molecule has 0 saturated heterocycles. The Kier molecular flexibility index (Phi) is 5.65. The van der Waals surface area contributed by atoms with Gasteiger partial charge in [-0.3, -0.25) is 4.79 Å². The number of nitrogens with zero attached hydrogens (tertiary/aromatic N) is 1. The topological polar surface area (TPSA) is 91.2 Å². The number of halogens is 1. The van der Waals surface area contributed by atoms with Crippen molar-refractivity contribution in [1.82, 2.24) is 5.43 Å². The molecule has 0 aliphatic carbocycles. The summed E-state index contributed by atoms with van der Waals surface area (Å²) in [5.41, 5.74) is 3.82. The van der Waals surface area contributed by atoms with E-state index in [1.165, 1.54) is 18.2 Å². The van der Waals surface area contributed by atoms with Gasteiger partial charge >= 0.3 is 0 Å². The second-order valence-electron chi connectivity index (χ2n) is 5.13. The lowest BCUT2D eigenvalue weighted by molar-refractivity contribution is -0.123. The molecule has 0 bridgehead atoms. The van der Waals surface area contributed by atoms with Crippen molar-refractivity contribution in [3.05, 3.63) is 52.5 Å². The van der Waals surface area contributed by atoms with Crippen molar-refractivity contribution in [2.24, 2.45) is 5.10 Å². The number of nitrogens with one attached hydrogen (secondary N) is 1. The number of amides is 1. The van der Waals surface area contributed by atoms with E-state index in [1.807, 2.05) is 6.92 Å². The maximum Gasteiger partial charge on any atom is 0.277 e. The van der Waals surface area contributed by atoms with Gasteiger partial charge in [0.2, 0.25) is 0 Å². The quantitative estimate of drug-likeness (QED) is 0.440. The van der Waals surface area contributed by atoms with Crippen molar-refractivity contribution < 1.29 is 19.7 Å². The first kappa shape index (κ1) is 17.6. The van der Waals surface area contributed by atoms with Crippen molar-refractivity contribution in [1.29, 1.82) is 0 Å². The first-order chi connectivity index (χ1) is 11.4. The van der Waals surface area contributed by atoms with Gasteiger partial charge in [-0.15, -0.1) is 0 Å². The lowest BCUT2D eigenvalue weighted by atomic mass is 10.1. The van der Waals surface area contributed by atoms with Crippen LogP contribution in [0.25, 0.3) is 0 Å². The minimum Gasteiger partial charge on any atom is -0.508 e. The Bertz CT molecular complexity index is 790. The van der Waals surface area contributed by atoms with E-state index in [9.17, 15) is 15.0 Å². The summed E-state index contributed by atoms with van der Waals surface area (Å²) in [5.74, 6) is 0.0470. The highest BCUT2D eigenvalue weighted by atomic mass is 35.5. The number of ether oxygens (including phenoxy) is 1. The zero-order chi connectivity index (χ0) is 17.7. The number of hydrogen-bond donors (Lipinski definition) is 3. The number of benzene rings is 2. The fraction of sp³-hybridized carbons (Fsp3) is 0.176. The number of hydrogen-bond acceptors (Lipinski definition) is 5. The molecule has 7 heteroatoms. The number of aromatic hydroxyl groups is 2. The van der Waals surface area contributed by atoms with Crippen LogP contribution >= 0.6 is 11.6 Å². The van der Waals surface area contributed by atoms with Gasteiger partial charge in [0.25, 0.3) is 5.91 Å².